The van der Waals surface area contributed by atoms with Crippen LogP contribution in [0.5, 0.6) is 0 Å². The van der Waals surface area contributed by atoms with Crippen LogP contribution >= 0.6 is 23.4 Å². The summed E-state index contributed by atoms with van der Waals surface area (Å²) >= 11 is 7.15. The number of carboxylic acids is 1. The Hall–Kier alpha value is -1.46. The van der Waals surface area contributed by atoms with Crippen molar-refractivity contribution in [1.82, 2.24) is 9.55 Å². The summed E-state index contributed by atoms with van der Waals surface area (Å²) in [5.41, 5.74) is 1.85. The standard InChI is InChI=1S/C15H17ClN2O2S/c1-15(2,3)12-8-17-14(21-9-13(19)20)18(12)11-6-4-10(16)5-7-11/h4-8H,9H2,1-3H3,(H,19,20). The lowest BCUT2D eigenvalue weighted by Crippen LogP contribution is -2.17. The van der Waals surface area contributed by atoms with Crippen molar-refractivity contribution in [2.75, 3.05) is 5.75 Å². The quantitative estimate of drug-likeness (QED) is 0.864. The molecule has 0 saturated carbocycles. The summed E-state index contributed by atoms with van der Waals surface area (Å²) in [6.07, 6.45) is 1.80. The van der Waals surface area contributed by atoms with Crippen LogP contribution in [-0.2, 0) is 10.2 Å². The smallest absolute Gasteiger partial charge is 0.313 e. The average molecular weight is 325 g/mol. The third kappa shape index (κ3) is 3.80. The molecule has 0 spiro atoms. The van der Waals surface area contributed by atoms with E-state index in [2.05, 4.69) is 25.8 Å². The predicted molar refractivity (Wildman–Crippen MR) is 85.6 cm³/mol. The summed E-state index contributed by atoms with van der Waals surface area (Å²) in [5, 5.41) is 10.2. The molecule has 21 heavy (non-hydrogen) atoms. The molecule has 1 aromatic carbocycles. The lowest BCUT2D eigenvalue weighted by Gasteiger charge is -2.21. The number of carbonyl (C=O) groups is 1. The van der Waals surface area contributed by atoms with Gasteiger partial charge in [0.05, 0.1) is 11.9 Å². The maximum Gasteiger partial charge on any atom is 0.313 e. The maximum absolute atomic E-state index is 10.8. The minimum atomic E-state index is -0.858. The van der Waals surface area contributed by atoms with Gasteiger partial charge in [-0.1, -0.05) is 44.1 Å². The normalized spacial score (nSPS) is 11.6. The largest absolute Gasteiger partial charge is 0.481 e. The Balaban J connectivity index is 2.50. The minimum absolute atomic E-state index is 0.0197. The third-order valence-corrected chi connectivity index (χ3v) is 4.10. The Morgan fingerprint density at radius 3 is 2.48 bits per heavy atom. The molecule has 0 saturated heterocycles. The number of imidazole rings is 1. The van der Waals surface area contributed by atoms with E-state index in [4.69, 9.17) is 16.7 Å². The van der Waals surface area contributed by atoms with Crippen LogP contribution in [-0.4, -0.2) is 26.4 Å². The van der Waals surface area contributed by atoms with Gasteiger partial charge in [-0.2, -0.15) is 0 Å². The predicted octanol–water partition coefficient (Wildman–Crippen LogP) is 4.00. The number of benzene rings is 1. The number of carboxylic acid groups (broad SMARTS) is 1. The molecule has 1 aromatic heterocycles. The fourth-order valence-corrected chi connectivity index (χ4v) is 2.77. The van der Waals surface area contributed by atoms with Gasteiger partial charge in [0.25, 0.3) is 0 Å². The topological polar surface area (TPSA) is 55.1 Å². The van der Waals surface area contributed by atoms with E-state index in [-0.39, 0.29) is 11.2 Å². The molecule has 0 atom stereocenters. The lowest BCUT2D eigenvalue weighted by molar-refractivity contribution is -0.133. The van der Waals surface area contributed by atoms with E-state index < -0.39 is 5.97 Å². The van der Waals surface area contributed by atoms with Crippen LogP contribution in [0.4, 0.5) is 0 Å². The maximum atomic E-state index is 10.8. The molecule has 2 rings (SSSR count). The highest BCUT2D eigenvalue weighted by atomic mass is 35.5. The van der Waals surface area contributed by atoms with Crippen LogP contribution in [0.2, 0.25) is 5.02 Å². The van der Waals surface area contributed by atoms with Crippen molar-refractivity contribution >= 4 is 29.3 Å². The molecule has 0 aliphatic rings. The molecule has 0 amide bonds. The second-order valence-corrected chi connectivity index (χ2v) is 7.05. The highest BCUT2D eigenvalue weighted by Gasteiger charge is 2.23. The van der Waals surface area contributed by atoms with Crippen LogP contribution in [0.3, 0.4) is 0 Å². The van der Waals surface area contributed by atoms with Gasteiger partial charge in [0.1, 0.15) is 0 Å². The van der Waals surface area contributed by atoms with Crippen molar-refractivity contribution in [2.24, 2.45) is 0 Å². The molecule has 4 nitrogen and oxygen atoms in total. The molecule has 0 aliphatic carbocycles. The summed E-state index contributed by atoms with van der Waals surface area (Å²) in [5.74, 6) is -0.878. The molecule has 0 fully saturated rings. The zero-order chi connectivity index (χ0) is 15.6. The fraction of sp³-hybridized carbons (Fsp3) is 0.333. The highest BCUT2D eigenvalue weighted by molar-refractivity contribution is 7.99. The van der Waals surface area contributed by atoms with Crippen LogP contribution in [0.1, 0.15) is 26.5 Å². The number of hydrogen-bond donors (Lipinski definition) is 1. The summed E-state index contributed by atoms with van der Waals surface area (Å²) in [7, 11) is 0. The summed E-state index contributed by atoms with van der Waals surface area (Å²) in [6.45, 7) is 6.30. The number of aliphatic carboxylic acids is 1. The molecular formula is C15H17ClN2O2S. The first-order valence-corrected chi connectivity index (χ1v) is 7.84. The van der Waals surface area contributed by atoms with Gasteiger partial charge in [-0.3, -0.25) is 9.36 Å². The van der Waals surface area contributed by atoms with E-state index in [1.165, 1.54) is 11.8 Å². The Morgan fingerprint density at radius 1 is 1.33 bits per heavy atom. The first-order valence-electron chi connectivity index (χ1n) is 6.48. The van der Waals surface area contributed by atoms with Gasteiger partial charge in [-0.05, 0) is 24.3 Å². The Labute approximate surface area is 133 Å². The molecule has 1 N–H and O–H groups in total. The average Bonchev–Trinajstić information content (AvgIpc) is 2.81. The number of aromatic nitrogens is 2. The van der Waals surface area contributed by atoms with Crippen molar-refractivity contribution in [3.8, 4) is 5.69 Å². The van der Waals surface area contributed by atoms with E-state index in [9.17, 15) is 4.79 Å². The van der Waals surface area contributed by atoms with Gasteiger partial charge >= 0.3 is 5.97 Å². The molecular weight excluding hydrogens is 308 g/mol. The van der Waals surface area contributed by atoms with Gasteiger partial charge in [-0.15, -0.1) is 0 Å². The minimum Gasteiger partial charge on any atom is -0.481 e. The number of nitrogens with zero attached hydrogens (tertiary/aromatic N) is 2. The summed E-state index contributed by atoms with van der Waals surface area (Å²) in [6, 6.07) is 7.44. The molecule has 0 bridgehead atoms. The van der Waals surface area contributed by atoms with E-state index in [1.54, 1.807) is 6.20 Å². The van der Waals surface area contributed by atoms with E-state index in [1.807, 2.05) is 28.8 Å². The molecule has 6 heteroatoms. The van der Waals surface area contributed by atoms with Gasteiger partial charge in [0, 0.05) is 21.8 Å². The number of thioether (sulfide) groups is 1. The highest BCUT2D eigenvalue weighted by Crippen LogP contribution is 2.31. The van der Waals surface area contributed by atoms with Crippen LogP contribution in [0.25, 0.3) is 5.69 Å². The Bertz CT molecular complexity index is 645. The fourth-order valence-electron chi connectivity index (χ4n) is 1.93. The summed E-state index contributed by atoms with van der Waals surface area (Å²) in [4.78, 5) is 15.2. The van der Waals surface area contributed by atoms with Gasteiger partial charge < -0.3 is 5.11 Å². The van der Waals surface area contributed by atoms with Crippen molar-refractivity contribution in [3.05, 3.63) is 41.2 Å². The molecule has 0 radical (unpaired) electrons. The second-order valence-electron chi connectivity index (χ2n) is 5.67. The van der Waals surface area contributed by atoms with Crippen LogP contribution in [0, 0.1) is 0 Å². The number of halogens is 1. The van der Waals surface area contributed by atoms with Gasteiger partial charge in [0.15, 0.2) is 5.16 Å². The SMILES string of the molecule is CC(C)(C)c1cnc(SCC(=O)O)n1-c1ccc(Cl)cc1. The van der Waals surface area contributed by atoms with Crippen molar-refractivity contribution in [1.29, 1.82) is 0 Å². The molecule has 112 valence electrons. The summed E-state index contributed by atoms with van der Waals surface area (Å²) < 4.78 is 1.99. The molecule has 0 unspecified atom stereocenters. The number of rotatable bonds is 4. The Morgan fingerprint density at radius 2 is 1.95 bits per heavy atom. The number of hydrogen-bond acceptors (Lipinski definition) is 3. The first kappa shape index (κ1) is 15.9. The zero-order valence-electron chi connectivity index (χ0n) is 12.1. The lowest BCUT2D eigenvalue weighted by atomic mass is 9.92. The van der Waals surface area contributed by atoms with Crippen LogP contribution < -0.4 is 0 Å². The third-order valence-electron chi connectivity index (χ3n) is 2.91. The van der Waals surface area contributed by atoms with E-state index >= 15 is 0 Å². The van der Waals surface area contributed by atoms with E-state index in [0.717, 1.165) is 11.4 Å². The Kier molecular flexibility index (Phi) is 4.64. The monoisotopic (exact) mass is 324 g/mol. The molecule has 2 aromatic rings. The van der Waals surface area contributed by atoms with Gasteiger partial charge in [-0.25, -0.2) is 4.98 Å². The zero-order valence-corrected chi connectivity index (χ0v) is 13.7. The van der Waals surface area contributed by atoms with Crippen LogP contribution in [0.15, 0.2) is 35.6 Å². The first-order chi connectivity index (χ1) is 9.79. The molecule has 1 heterocycles. The van der Waals surface area contributed by atoms with E-state index in [0.29, 0.717) is 10.2 Å². The van der Waals surface area contributed by atoms with Crippen molar-refractivity contribution < 1.29 is 9.90 Å². The van der Waals surface area contributed by atoms with Crippen molar-refractivity contribution in [3.63, 3.8) is 0 Å². The van der Waals surface area contributed by atoms with Gasteiger partial charge in [0.2, 0.25) is 0 Å². The second kappa shape index (κ2) is 6.12. The van der Waals surface area contributed by atoms with Crippen molar-refractivity contribution in [2.45, 2.75) is 31.3 Å². The molecule has 0 aliphatic heterocycles.